The summed E-state index contributed by atoms with van der Waals surface area (Å²) in [5, 5.41) is 3.13. The van der Waals surface area contributed by atoms with E-state index in [1.165, 1.54) is 5.56 Å². The summed E-state index contributed by atoms with van der Waals surface area (Å²) in [5.41, 5.74) is 1.21. The van der Waals surface area contributed by atoms with Gasteiger partial charge in [0.25, 0.3) is 0 Å². The number of hydrogen-bond acceptors (Lipinski definition) is 2. The fourth-order valence-electron chi connectivity index (χ4n) is 1.24. The molecule has 0 atom stereocenters. The van der Waals surface area contributed by atoms with Gasteiger partial charge in [0.05, 0.1) is 12.6 Å². The molecule has 0 heterocycles. The van der Waals surface area contributed by atoms with Crippen molar-refractivity contribution in [2.24, 2.45) is 0 Å². The van der Waals surface area contributed by atoms with Crippen LogP contribution in [-0.2, 0) is 6.54 Å². The van der Waals surface area contributed by atoms with Crippen molar-refractivity contribution in [2.45, 2.75) is 26.5 Å². The van der Waals surface area contributed by atoms with Crippen LogP contribution in [0.2, 0.25) is 0 Å². The molecule has 16 heavy (non-hydrogen) atoms. The maximum Gasteiger partial charge on any atom is 0.119 e. The Morgan fingerprint density at radius 1 is 1.31 bits per heavy atom. The fraction of sp³-hybridized carbons (Fsp3) is 0.385. The van der Waals surface area contributed by atoms with Gasteiger partial charge in [0.2, 0.25) is 0 Å². The van der Waals surface area contributed by atoms with Gasteiger partial charge in [-0.2, -0.15) is 0 Å². The molecular weight excluding hydrogens is 222 g/mol. The summed E-state index contributed by atoms with van der Waals surface area (Å²) in [6.45, 7) is 5.43. The third kappa shape index (κ3) is 5.65. The summed E-state index contributed by atoms with van der Waals surface area (Å²) in [7, 11) is 0. The van der Waals surface area contributed by atoms with Gasteiger partial charge in [-0.3, -0.25) is 0 Å². The topological polar surface area (TPSA) is 21.3 Å². The molecule has 1 N–H and O–H groups in total. The number of hydrogen-bond donors (Lipinski definition) is 1. The molecule has 0 bridgehead atoms. The molecule has 0 unspecified atom stereocenters. The zero-order chi connectivity index (χ0) is 11.1. The van der Waals surface area contributed by atoms with E-state index in [0.717, 1.165) is 12.3 Å². The average molecular weight is 240 g/mol. The predicted molar refractivity (Wildman–Crippen MR) is 70.0 cm³/mol. The minimum atomic E-state index is 0. The van der Waals surface area contributed by atoms with Crippen LogP contribution in [0.25, 0.3) is 0 Å². The van der Waals surface area contributed by atoms with Gasteiger partial charge in [-0.05, 0) is 31.5 Å². The molecule has 0 spiro atoms. The van der Waals surface area contributed by atoms with E-state index >= 15 is 0 Å². The van der Waals surface area contributed by atoms with Crippen LogP contribution >= 0.6 is 12.4 Å². The molecule has 0 saturated carbocycles. The third-order valence-electron chi connectivity index (χ3n) is 1.85. The molecule has 1 rings (SSSR count). The van der Waals surface area contributed by atoms with E-state index in [9.17, 15) is 0 Å². The van der Waals surface area contributed by atoms with Crippen molar-refractivity contribution < 1.29 is 4.74 Å². The van der Waals surface area contributed by atoms with Crippen molar-refractivity contribution in [3.63, 3.8) is 0 Å². The minimum Gasteiger partial charge on any atom is -0.491 e. The molecule has 0 aromatic heterocycles. The van der Waals surface area contributed by atoms with Crippen molar-refractivity contribution in [2.75, 3.05) is 6.54 Å². The molecule has 1 aromatic carbocycles. The van der Waals surface area contributed by atoms with Crippen molar-refractivity contribution in [1.82, 2.24) is 5.32 Å². The van der Waals surface area contributed by atoms with E-state index in [1.54, 1.807) is 0 Å². The van der Waals surface area contributed by atoms with E-state index in [4.69, 9.17) is 11.2 Å². The van der Waals surface area contributed by atoms with E-state index < -0.39 is 0 Å². The first kappa shape index (κ1) is 14.8. The molecule has 0 aliphatic heterocycles. The summed E-state index contributed by atoms with van der Waals surface area (Å²) in [5.74, 6) is 3.45. The SMILES string of the molecule is C#CCNCc1ccc(OC(C)C)cc1.Cl. The van der Waals surface area contributed by atoms with E-state index in [1.807, 2.05) is 38.1 Å². The summed E-state index contributed by atoms with van der Waals surface area (Å²) < 4.78 is 5.54. The van der Waals surface area contributed by atoms with Crippen LogP contribution in [-0.4, -0.2) is 12.6 Å². The van der Waals surface area contributed by atoms with Crippen LogP contribution in [0.4, 0.5) is 0 Å². The molecule has 0 amide bonds. The lowest BCUT2D eigenvalue weighted by atomic mass is 10.2. The number of benzene rings is 1. The number of halogens is 1. The van der Waals surface area contributed by atoms with Crippen molar-refractivity contribution in [3.8, 4) is 18.1 Å². The first-order valence-corrected chi connectivity index (χ1v) is 5.12. The summed E-state index contributed by atoms with van der Waals surface area (Å²) in [6, 6.07) is 8.04. The third-order valence-corrected chi connectivity index (χ3v) is 1.85. The first-order chi connectivity index (χ1) is 7.22. The predicted octanol–water partition coefficient (Wildman–Crippen LogP) is 2.62. The highest BCUT2D eigenvalue weighted by Gasteiger charge is 1.97. The lowest BCUT2D eigenvalue weighted by Crippen LogP contribution is -2.12. The maximum absolute atomic E-state index is 5.54. The van der Waals surface area contributed by atoms with Crippen molar-refractivity contribution in [1.29, 1.82) is 0 Å². The van der Waals surface area contributed by atoms with Crippen LogP contribution < -0.4 is 10.1 Å². The monoisotopic (exact) mass is 239 g/mol. The molecule has 1 aromatic rings. The molecule has 0 saturated heterocycles. The summed E-state index contributed by atoms with van der Waals surface area (Å²) >= 11 is 0. The Bertz CT molecular complexity index is 327. The fourth-order valence-corrected chi connectivity index (χ4v) is 1.24. The zero-order valence-electron chi connectivity index (χ0n) is 9.69. The van der Waals surface area contributed by atoms with Gasteiger partial charge in [-0.1, -0.05) is 18.1 Å². The van der Waals surface area contributed by atoms with Crippen LogP contribution in [0.15, 0.2) is 24.3 Å². The largest absolute Gasteiger partial charge is 0.491 e. The van der Waals surface area contributed by atoms with E-state index in [0.29, 0.717) is 6.54 Å². The quantitative estimate of drug-likeness (QED) is 0.630. The molecule has 0 aliphatic carbocycles. The standard InChI is InChI=1S/C13H17NO.ClH/c1-4-9-14-10-12-5-7-13(8-6-12)15-11(2)3;/h1,5-8,11,14H,9-10H2,2-3H3;1H. The van der Waals surface area contributed by atoms with Gasteiger partial charge >= 0.3 is 0 Å². The Labute approximate surface area is 104 Å². The normalized spacial score (nSPS) is 9.38. The highest BCUT2D eigenvalue weighted by Crippen LogP contribution is 2.13. The number of rotatable bonds is 5. The van der Waals surface area contributed by atoms with Gasteiger partial charge in [-0.15, -0.1) is 18.8 Å². The van der Waals surface area contributed by atoms with Crippen molar-refractivity contribution in [3.05, 3.63) is 29.8 Å². The summed E-state index contributed by atoms with van der Waals surface area (Å²) in [4.78, 5) is 0. The Morgan fingerprint density at radius 2 is 1.94 bits per heavy atom. The number of terminal acetylenes is 1. The Hall–Kier alpha value is -1.17. The van der Waals surface area contributed by atoms with E-state index in [-0.39, 0.29) is 18.5 Å². The Kier molecular flexibility index (Phi) is 7.45. The first-order valence-electron chi connectivity index (χ1n) is 5.12. The second kappa shape index (κ2) is 8.04. The van der Waals surface area contributed by atoms with Crippen LogP contribution in [0.3, 0.4) is 0 Å². The van der Waals surface area contributed by atoms with E-state index in [2.05, 4.69) is 11.2 Å². The second-order valence-corrected chi connectivity index (χ2v) is 3.62. The Morgan fingerprint density at radius 3 is 2.44 bits per heavy atom. The van der Waals surface area contributed by atoms with Gasteiger partial charge in [0.1, 0.15) is 5.75 Å². The molecule has 0 aliphatic rings. The Balaban J connectivity index is 0.00000225. The van der Waals surface area contributed by atoms with Crippen molar-refractivity contribution >= 4 is 12.4 Å². The highest BCUT2D eigenvalue weighted by atomic mass is 35.5. The lowest BCUT2D eigenvalue weighted by Gasteiger charge is -2.10. The molecule has 2 nitrogen and oxygen atoms in total. The second-order valence-electron chi connectivity index (χ2n) is 3.62. The molecule has 88 valence electrons. The summed E-state index contributed by atoms with van der Waals surface area (Å²) in [6.07, 6.45) is 5.36. The molecule has 0 radical (unpaired) electrons. The minimum absolute atomic E-state index is 0. The molecule has 3 heteroatoms. The highest BCUT2D eigenvalue weighted by molar-refractivity contribution is 5.85. The zero-order valence-corrected chi connectivity index (χ0v) is 10.5. The smallest absolute Gasteiger partial charge is 0.119 e. The molecular formula is C13H18ClNO. The average Bonchev–Trinajstić information content (AvgIpc) is 2.20. The lowest BCUT2D eigenvalue weighted by molar-refractivity contribution is 0.242. The van der Waals surface area contributed by atoms with Crippen LogP contribution in [0, 0.1) is 12.3 Å². The maximum atomic E-state index is 5.54. The number of ether oxygens (including phenoxy) is 1. The van der Waals surface area contributed by atoms with Gasteiger partial charge in [0, 0.05) is 6.54 Å². The van der Waals surface area contributed by atoms with Crippen LogP contribution in [0.5, 0.6) is 5.75 Å². The number of nitrogens with one attached hydrogen (secondary N) is 1. The van der Waals surface area contributed by atoms with Gasteiger partial charge in [0.15, 0.2) is 0 Å². The van der Waals surface area contributed by atoms with Gasteiger partial charge < -0.3 is 10.1 Å². The van der Waals surface area contributed by atoms with Crippen LogP contribution in [0.1, 0.15) is 19.4 Å². The van der Waals surface area contributed by atoms with Gasteiger partial charge in [-0.25, -0.2) is 0 Å². The molecule has 0 fully saturated rings.